The van der Waals surface area contributed by atoms with Crippen molar-refractivity contribution in [3.63, 3.8) is 0 Å². The van der Waals surface area contributed by atoms with Gasteiger partial charge in [-0.25, -0.2) is 9.97 Å². The molecule has 2 aliphatic rings. The lowest BCUT2D eigenvalue weighted by Gasteiger charge is -2.27. The largest absolute Gasteiger partial charge is 0.378 e. The standard InChI is InChI=1S/C18H20BrN7O/c19-14-9-13(10-20)17(22-11-14)26-4-2-15(12-26)23-16-1-3-21-18(24-16)25-5-7-27-8-6-25/h1,3,9,11,15H,2,4-8,12H2,(H,21,23,24). The topological polar surface area (TPSA) is 90.2 Å². The van der Waals surface area contributed by atoms with E-state index < -0.39 is 0 Å². The SMILES string of the molecule is N#Cc1cc(Br)cnc1N1CCC(Nc2ccnc(N3CCOCC3)n2)C1. The van der Waals surface area contributed by atoms with Gasteiger partial charge in [0, 0.05) is 49.1 Å². The Morgan fingerprint density at radius 3 is 2.89 bits per heavy atom. The predicted octanol–water partition coefficient (Wildman–Crippen LogP) is 2.03. The Hall–Kier alpha value is -2.44. The molecule has 0 bridgehead atoms. The summed E-state index contributed by atoms with van der Waals surface area (Å²) in [7, 11) is 0. The third kappa shape index (κ3) is 4.12. The summed E-state index contributed by atoms with van der Waals surface area (Å²) in [5.74, 6) is 2.30. The van der Waals surface area contributed by atoms with E-state index in [4.69, 9.17) is 4.74 Å². The van der Waals surface area contributed by atoms with Crippen molar-refractivity contribution in [2.75, 3.05) is 54.5 Å². The lowest BCUT2D eigenvalue weighted by atomic mass is 10.2. The molecule has 2 saturated heterocycles. The second-order valence-electron chi connectivity index (χ2n) is 6.55. The molecule has 1 N–H and O–H groups in total. The van der Waals surface area contributed by atoms with Gasteiger partial charge in [0.05, 0.1) is 18.8 Å². The van der Waals surface area contributed by atoms with Crippen LogP contribution in [0.2, 0.25) is 0 Å². The lowest BCUT2D eigenvalue weighted by Crippen LogP contribution is -2.37. The third-order valence-electron chi connectivity index (χ3n) is 4.73. The highest BCUT2D eigenvalue weighted by Gasteiger charge is 2.26. The zero-order chi connectivity index (χ0) is 18.6. The van der Waals surface area contributed by atoms with Crippen LogP contribution in [0.1, 0.15) is 12.0 Å². The van der Waals surface area contributed by atoms with E-state index in [0.717, 1.165) is 54.7 Å². The van der Waals surface area contributed by atoms with Crippen molar-refractivity contribution in [3.05, 3.63) is 34.6 Å². The number of nitrogens with zero attached hydrogens (tertiary/aromatic N) is 6. The van der Waals surface area contributed by atoms with Crippen LogP contribution in [-0.2, 0) is 4.74 Å². The maximum Gasteiger partial charge on any atom is 0.227 e. The van der Waals surface area contributed by atoms with E-state index in [9.17, 15) is 5.26 Å². The van der Waals surface area contributed by atoms with Crippen LogP contribution in [0, 0.1) is 11.3 Å². The van der Waals surface area contributed by atoms with E-state index in [-0.39, 0.29) is 6.04 Å². The van der Waals surface area contributed by atoms with Gasteiger partial charge in [-0.15, -0.1) is 0 Å². The molecule has 2 aromatic heterocycles. The zero-order valence-electron chi connectivity index (χ0n) is 14.8. The van der Waals surface area contributed by atoms with Crippen molar-refractivity contribution in [2.24, 2.45) is 0 Å². The van der Waals surface area contributed by atoms with Crippen LogP contribution in [0.25, 0.3) is 0 Å². The van der Waals surface area contributed by atoms with E-state index in [0.29, 0.717) is 18.8 Å². The van der Waals surface area contributed by atoms with E-state index >= 15 is 0 Å². The Morgan fingerprint density at radius 1 is 1.22 bits per heavy atom. The minimum Gasteiger partial charge on any atom is -0.378 e. The number of nitrogens with one attached hydrogen (secondary N) is 1. The molecule has 2 fully saturated rings. The molecule has 4 rings (SSSR count). The maximum atomic E-state index is 9.38. The number of halogens is 1. The fraction of sp³-hybridized carbons (Fsp3) is 0.444. The number of nitriles is 1. The monoisotopic (exact) mass is 429 g/mol. The maximum absolute atomic E-state index is 9.38. The van der Waals surface area contributed by atoms with Gasteiger partial charge in [0.2, 0.25) is 5.95 Å². The molecule has 9 heteroatoms. The smallest absolute Gasteiger partial charge is 0.227 e. The average molecular weight is 430 g/mol. The molecule has 4 heterocycles. The molecular weight excluding hydrogens is 410 g/mol. The van der Waals surface area contributed by atoms with Gasteiger partial charge in [-0.2, -0.15) is 10.2 Å². The number of pyridine rings is 1. The van der Waals surface area contributed by atoms with Crippen molar-refractivity contribution < 1.29 is 4.74 Å². The molecular formula is C18H20BrN7O. The van der Waals surface area contributed by atoms with Crippen molar-refractivity contribution in [1.82, 2.24) is 15.0 Å². The molecule has 27 heavy (non-hydrogen) atoms. The highest BCUT2D eigenvalue weighted by molar-refractivity contribution is 9.10. The first-order valence-electron chi connectivity index (χ1n) is 8.96. The number of hydrogen-bond acceptors (Lipinski definition) is 8. The third-order valence-corrected chi connectivity index (χ3v) is 5.16. The Bertz CT molecular complexity index is 850. The van der Waals surface area contributed by atoms with Crippen LogP contribution >= 0.6 is 15.9 Å². The van der Waals surface area contributed by atoms with Gasteiger partial charge in [0.1, 0.15) is 17.7 Å². The number of anilines is 3. The lowest BCUT2D eigenvalue weighted by molar-refractivity contribution is 0.122. The molecule has 0 aliphatic carbocycles. The van der Waals surface area contributed by atoms with Crippen LogP contribution in [0.15, 0.2) is 29.0 Å². The Labute approximate surface area is 166 Å². The number of ether oxygens (including phenoxy) is 1. The van der Waals surface area contributed by atoms with Crippen molar-refractivity contribution in [1.29, 1.82) is 5.26 Å². The minimum atomic E-state index is 0.245. The molecule has 0 spiro atoms. The van der Waals surface area contributed by atoms with Gasteiger partial charge in [-0.1, -0.05) is 0 Å². The Balaban J connectivity index is 1.42. The molecule has 0 aromatic carbocycles. The first-order chi connectivity index (χ1) is 13.2. The number of morpholine rings is 1. The molecule has 8 nitrogen and oxygen atoms in total. The van der Waals surface area contributed by atoms with Crippen molar-refractivity contribution >= 4 is 33.5 Å². The normalized spacial score (nSPS) is 19.8. The van der Waals surface area contributed by atoms with Crippen LogP contribution in [0.5, 0.6) is 0 Å². The van der Waals surface area contributed by atoms with Gasteiger partial charge in [-0.05, 0) is 34.5 Å². The average Bonchev–Trinajstić information content (AvgIpc) is 3.17. The summed E-state index contributed by atoms with van der Waals surface area (Å²) in [6.07, 6.45) is 4.48. The summed E-state index contributed by atoms with van der Waals surface area (Å²) in [6.45, 7) is 4.67. The molecule has 1 atom stereocenters. The Kier molecular flexibility index (Phi) is 5.36. The summed E-state index contributed by atoms with van der Waals surface area (Å²) in [4.78, 5) is 17.8. The number of aromatic nitrogens is 3. The summed E-state index contributed by atoms with van der Waals surface area (Å²) >= 11 is 3.37. The van der Waals surface area contributed by atoms with Gasteiger partial charge < -0.3 is 19.9 Å². The van der Waals surface area contributed by atoms with Crippen LogP contribution in [0.4, 0.5) is 17.6 Å². The summed E-state index contributed by atoms with van der Waals surface area (Å²) in [5, 5.41) is 12.9. The number of hydrogen-bond donors (Lipinski definition) is 1. The fourth-order valence-electron chi connectivity index (χ4n) is 3.39. The molecule has 1 unspecified atom stereocenters. The number of rotatable bonds is 4. The summed E-state index contributed by atoms with van der Waals surface area (Å²) in [5.41, 5.74) is 0.585. The van der Waals surface area contributed by atoms with Gasteiger partial charge in [0.25, 0.3) is 0 Å². The first kappa shape index (κ1) is 17.9. The molecule has 0 saturated carbocycles. The second-order valence-corrected chi connectivity index (χ2v) is 7.47. The predicted molar refractivity (Wildman–Crippen MR) is 106 cm³/mol. The molecule has 2 aliphatic heterocycles. The second kappa shape index (κ2) is 8.06. The molecule has 0 amide bonds. The van der Waals surface area contributed by atoms with Crippen LogP contribution in [0.3, 0.4) is 0 Å². The molecule has 2 aromatic rings. The van der Waals surface area contributed by atoms with E-state index in [1.165, 1.54) is 0 Å². The minimum absolute atomic E-state index is 0.245. The van der Waals surface area contributed by atoms with E-state index in [1.807, 2.05) is 12.1 Å². The summed E-state index contributed by atoms with van der Waals surface area (Å²) in [6, 6.07) is 6.18. The van der Waals surface area contributed by atoms with E-state index in [2.05, 4.69) is 52.1 Å². The van der Waals surface area contributed by atoms with Gasteiger partial charge >= 0.3 is 0 Å². The quantitative estimate of drug-likeness (QED) is 0.789. The zero-order valence-corrected chi connectivity index (χ0v) is 16.4. The molecule has 0 radical (unpaired) electrons. The van der Waals surface area contributed by atoms with Crippen LogP contribution in [-0.4, -0.2) is 60.4 Å². The van der Waals surface area contributed by atoms with Crippen molar-refractivity contribution in [3.8, 4) is 6.07 Å². The summed E-state index contributed by atoms with van der Waals surface area (Å²) < 4.78 is 6.20. The fourth-order valence-corrected chi connectivity index (χ4v) is 3.72. The highest BCUT2D eigenvalue weighted by Crippen LogP contribution is 2.25. The van der Waals surface area contributed by atoms with Crippen molar-refractivity contribution in [2.45, 2.75) is 12.5 Å². The van der Waals surface area contributed by atoms with Crippen LogP contribution < -0.4 is 15.1 Å². The Morgan fingerprint density at radius 2 is 2.07 bits per heavy atom. The van der Waals surface area contributed by atoms with E-state index in [1.54, 1.807) is 12.4 Å². The first-order valence-corrected chi connectivity index (χ1v) is 9.75. The van der Waals surface area contributed by atoms with Gasteiger partial charge in [-0.3, -0.25) is 0 Å². The highest BCUT2D eigenvalue weighted by atomic mass is 79.9. The van der Waals surface area contributed by atoms with Gasteiger partial charge in [0.15, 0.2) is 0 Å². The molecule has 140 valence electrons.